The highest BCUT2D eigenvalue weighted by atomic mass is 31.2. The van der Waals surface area contributed by atoms with Gasteiger partial charge in [0.1, 0.15) is 19.3 Å². The zero-order valence-corrected chi connectivity index (χ0v) is 42.5. The van der Waals surface area contributed by atoms with E-state index in [1.807, 2.05) is 21.1 Å². The van der Waals surface area contributed by atoms with Crippen LogP contribution >= 0.6 is 7.82 Å². The summed E-state index contributed by atoms with van der Waals surface area (Å²) >= 11 is 0. The van der Waals surface area contributed by atoms with E-state index in [4.69, 9.17) is 23.3 Å². The van der Waals surface area contributed by atoms with Gasteiger partial charge in [-0.05, 0) is 97.7 Å². The maximum Gasteiger partial charge on any atom is 0.508 e. The first kappa shape index (κ1) is 53.7. The Bertz CT molecular complexity index is 1370. The fraction of sp³-hybridized carbons (Fsp3) is 0.942. The van der Waals surface area contributed by atoms with Crippen LogP contribution in [0.15, 0.2) is 11.6 Å². The second-order valence-electron chi connectivity index (χ2n) is 22.5. The molecule has 0 aromatic heterocycles. The molecule has 0 radical (unpaired) electrons. The smallest absolute Gasteiger partial charge is 0.508 e. The molecular formula is C52H96NO8P. The minimum atomic E-state index is -4.61. The van der Waals surface area contributed by atoms with Gasteiger partial charge in [0.15, 0.2) is 6.10 Å². The SMILES string of the molecule is CCCCCCCCCCCCCCCCOCC(COP(=O)([O-])OCC[N+](C)(C)C)OC(=O)O[C@H]1CC[C@@]2(C)C(=CC[C@H]3[C@@H]4CC[C@H]([C@H](C)CCCC(C)C)[C@@]4(C)CC[C@@H]32)C1. The topological polar surface area (TPSA) is 103 Å². The van der Waals surface area contributed by atoms with Crippen LogP contribution in [0.25, 0.3) is 0 Å². The van der Waals surface area contributed by atoms with Gasteiger partial charge in [0.25, 0.3) is 7.82 Å². The van der Waals surface area contributed by atoms with Crippen LogP contribution in [-0.4, -0.2) is 77.0 Å². The molecule has 0 bridgehead atoms. The zero-order valence-electron chi connectivity index (χ0n) is 41.6. The molecule has 4 aliphatic carbocycles. The van der Waals surface area contributed by atoms with E-state index in [-0.39, 0.29) is 31.3 Å². The minimum Gasteiger partial charge on any atom is -0.756 e. The summed E-state index contributed by atoms with van der Waals surface area (Å²) in [4.78, 5) is 26.0. The van der Waals surface area contributed by atoms with Crippen molar-refractivity contribution >= 4 is 14.0 Å². The average Bonchev–Trinajstić information content (AvgIpc) is 3.56. The van der Waals surface area contributed by atoms with Gasteiger partial charge in [0, 0.05) is 13.0 Å². The van der Waals surface area contributed by atoms with Crippen molar-refractivity contribution in [3.05, 3.63) is 11.6 Å². The highest BCUT2D eigenvalue weighted by molar-refractivity contribution is 7.45. The van der Waals surface area contributed by atoms with Crippen molar-refractivity contribution in [2.75, 3.05) is 54.1 Å². The summed E-state index contributed by atoms with van der Waals surface area (Å²) in [7, 11) is 1.28. The summed E-state index contributed by atoms with van der Waals surface area (Å²) in [5, 5.41) is 0. The number of fused-ring (bicyclic) bond motifs is 5. The molecule has 4 aliphatic rings. The molecule has 9 nitrogen and oxygen atoms in total. The van der Waals surface area contributed by atoms with E-state index >= 15 is 0 Å². The fourth-order valence-electron chi connectivity index (χ4n) is 12.4. The number of nitrogens with zero attached hydrogens (tertiary/aromatic N) is 1. The molecule has 0 N–H and O–H groups in total. The lowest BCUT2D eigenvalue weighted by molar-refractivity contribution is -0.870. The highest BCUT2D eigenvalue weighted by Gasteiger charge is 2.59. The first-order valence-electron chi connectivity index (χ1n) is 26.0. The molecule has 4 rings (SSSR count). The lowest BCUT2D eigenvalue weighted by Crippen LogP contribution is -2.51. The molecule has 0 heterocycles. The summed E-state index contributed by atoms with van der Waals surface area (Å²) in [5.74, 6) is 4.68. The number of phosphoric ester groups is 1. The lowest BCUT2D eigenvalue weighted by Gasteiger charge is -2.58. The molecule has 10 atom stereocenters. The van der Waals surface area contributed by atoms with Gasteiger partial charge in [-0.25, -0.2) is 4.79 Å². The van der Waals surface area contributed by atoms with Crippen LogP contribution in [0.4, 0.5) is 4.79 Å². The highest BCUT2D eigenvalue weighted by Crippen LogP contribution is 2.67. The molecule has 3 saturated carbocycles. The number of carbonyl (C=O) groups is 1. The normalized spacial score (nSPS) is 29.3. The standard InChI is InChI=1S/C52H96NO8P/c1-10-11-12-13-14-15-16-17-18-19-20-21-22-23-36-57-39-45(40-59-62(55,56)58-37-35-53(7,8)9)61-50(54)60-44-31-33-51(5)43(38-44)27-28-46-48-30-29-47(42(4)26-24-25-41(2)3)52(48,6)34-32-49(46)51/h27,41-42,44-49H,10-26,28-40H2,1-9H3/t42-,44+,45?,46+,47-,48+,49+,51+,52-/m1/s1. The van der Waals surface area contributed by atoms with Crippen LogP contribution < -0.4 is 4.89 Å². The summed E-state index contributed by atoms with van der Waals surface area (Å²) in [6.45, 7) is 15.3. The maximum absolute atomic E-state index is 13.4. The number of allylic oxidation sites excluding steroid dienone is 1. The summed E-state index contributed by atoms with van der Waals surface area (Å²) < 4.78 is 41.3. The second-order valence-corrected chi connectivity index (χ2v) is 23.9. The Kier molecular flexibility index (Phi) is 22.8. The number of quaternary nitrogens is 1. The lowest BCUT2D eigenvalue weighted by atomic mass is 9.47. The molecule has 62 heavy (non-hydrogen) atoms. The van der Waals surface area contributed by atoms with E-state index in [0.29, 0.717) is 29.0 Å². The molecule has 0 aromatic carbocycles. The first-order valence-corrected chi connectivity index (χ1v) is 27.5. The Hall–Kier alpha value is -0.960. The van der Waals surface area contributed by atoms with E-state index in [1.54, 1.807) is 0 Å². The molecule has 0 spiro atoms. The number of hydrogen-bond donors (Lipinski definition) is 0. The molecule has 0 saturated heterocycles. The van der Waals surface area contributed by atoms with Gasteiger partial charge >= 0.3 is 6.16 Å². The van der Waals surface area contributed by atoms with Gasteiger partial charge in [-0.1, -0.05) is 156 Å². The van der Waals surface area contributed by atoms with Gasteiger partial charge in [-0.15, -0.1) is 0 Å². The third kappa shape index (κ3) is 17.4. The maximum atomic E-state index is 13.4. The average molecular weight is 894 g/mol. The quantitative estimate of drug-likeness (QED) is 0.0223. The molecular weight excluding hydrogens is 798 g/mol. The van der Waals surface area contributed by atoms with Crippen LogP contribution in [0.3, 0.4) is 0 Å². The Balaban J connectivity index is 1.22. The third-order valence-electron chi connectivity index (χ3n) is 16.2. The van der Waals surface area contributed by atoms with Gasteiger partial charge < -0.3 is 32.6 Å². The summed E-state index contributed by atoms with van der Waals surface area (Å²) in [6.07, 6.45) is 31.7. The molecule has 0 amide bonds. The minimum absolute atomic E-state index is 0.00376. The van der Waals surface area contributed by atoms with Crippen molar-refractivity contribution in [1.29, 1.82) is 0 Å². The van der Waals surface area contributed by atoms with Gasteiger partial charge in [-0.3, -0.25) is 4.57 Å². The van der Waals surface area contributed by atoms with Crippen LogP contribution in [0.5, 0.6) is 0 Å². The van der Waals surface area contributed by atoms with Crippen molar-refractivity contribution in [3.8, 4) is 0 Å². The van der Waals surface area contributed by atoms with E-state index < -0.39 is 20.1 Å². The van der Waals surface area contributed by atoms with Crippen molar-refractivity contribution in [1.82, 2.24) is 0 Å². The van der Waals surface area contributed by atoms with Crippen molar-refractivity contribution in [2.24, 2.45) is 46.3 Å². The molecule has 10 heteroatoms. The fourth-order valence-corrected chi connectivity index (χ4v) is 13.1. The first-order chi connectivity index (χ1) is 29.5. The van der Waals surface area contributed by atoms with Gasteiger partial charge in [0.2, 0.25) is 0 Å². The Labute approximate surface area is 381 Å². The monoisotopic (exact) mass is 894 g/mol. The number of unbranched alkanes of at least 4 members (excludes halogenated alkanes) is 13. The van der Waals surface area contributed by atoms with Crippen LogP contribution in [0.2, 0.25) is 0 Å². The predicted molar refractivity (Wildman–Crippen MR) is 252 cm³/mol. The number of ether oxygens (including phenoxy) is 3. The largest absolute Gasteiger partial charge is 0.756 e. The Morgan fingerprint density at radius 2 is 1.44 bits per heavy atom. The van der Waals surface area contributed by atoms with Crippen LogP contribution in [0, 0.1) is 46.3 Å². The zero-order chi connectivity index (χ0) is 45.2. The number of phosphoric acid groups is 1. The van der Waals surface area contributed by atoms with Gasteiger partial charge in [0.05, 0.1) is 34.4 Å². The van der Waals surface area contributed by atoms with Crippen LogP contribution in [0.1, 0.15) is 202 Å². The molecule has 0 aliphatic heterocycles. The molecule has 0 aromatic rings. The van der Waals surface area contributed by atoms with Crippen molar-refractivity contribution in [3.63, 3.8) is 0 Å². The van der Waals surface area contributed by atoms with E-state index in [2.05, 4.69) is 47.6 Å². The van der Waals surface area contributed by atoms with Gasteiger partial charge in [-0.2, -0.15) is 0 Å². The summed E-state index contributed by atoms with van der Waals surface area (Å²) in [5.41, 5.74) is 2.06. The number of carbonyl (C=O) groups excluding carboxylic acids is 1. The number of likely N-dealkylation sites (N-methyl/N-ethyl adjacent to an activating group) is 1. The third-order valence-corrected chi connectivity index (χ3v) is 17.1. The molecule has 2 unspecified atom stereocenters. The van der Waals surface area contributed by atoms with E-state index in [0.717, 1.165) is 68.1 Å². The Morgan fingerprint density at radius 3 is 2.06 bits per heavy atom. The molecule has 362 valence electrons. The predicted octanol–water partition coefficient (Wildman–Crippen LogP) is 13.6. The Morgan fingerprint density at radius 1 is 0.790 bits per heavy atom. The number of rotatable bonds is 31. The van der Waals surface area contributed by atoms with E-state index in [9.17, 15) is 14.3 Å². The number of hydrogen-bond acceptors (Lipinski definition) is 8. The van der Waals surface area contributed by atoms with Crippen molar-refractivity contribution in [2.45, 2.75) is 214 Å². The van der Waals surface area contributed by atoms with Crippen LogP contribution in [-0.2, 0) is 27.8 Å². The second kappa shape index (κ2) is 26.4. The molecule has 3 fully saturated rings. The summed E-state index contributed by atoms with van der Waals surface area (Å²) in [6, 6.07) is 0. The van der Waals surface area contributed by atoms with E-state index in [1.165, 1.54) is 128 Å². The van der Waals surface area contributed by atoms with Crippen molar-refractivity contribution < 1.29 is 42.0 Å².